The summed E-state index contributed by atoms with van der Waals surface area (Å²) in [5.41, 5.74) is 1.35. The summed E-state index contributed by atoms with van der Waals surface area (Å²) in [6.07, 6.45) is 0.711. The van der Waals surface area contributed by atoms with Crippen molar-refractivity contribution < 1.29 is 9.53 Å². The van der Waals surface area contributed by atoms with Gasteiger partial charge in [0.1, 0.15) is 4.83 Å². The maximum atomic E-state index is 12.1. The number of rotatable bonds is 4. The lowest BCUT2D eigenvalue weighted by atomic mass is 10.2. The number of thiocarbonyl (C=S) groups is 1. The first-order valence-electron chi connectivity index (χ1n) is 6.81. The Morgan fingerprint density at radius 2 is 2.32 bits per heavy atom. The van der Waals surface area contributed by atoms with Gasteiger partial charge in [0.15, 0.2) is 5.11 Å². The minimum atomic E-state index is -0.299. The highest BCUT2D eigenvalue weighted by atomic mass is 32.1. The van der Waals surface area contributed by atoms with Gasteiger partial charge < -0.3 is 15.4 Å². The first-order valence-corrected chi connectivity index (χ1v) is 8.81. The van der Waals surface area contributed by atoms with E-state index >= 15 is 0 Å². The van der Waals surface area contributed by atoms with Gasteiger partial charge in [-0.25, -0.2) is 4.79 Å². The molecular weight excluding hydrogens is 338 g/mol. The van der Waals surface area contributed by atoms with Crippen molar-refractivity contribution >= 4 is 56.4 Å². The molecule has 0 atom stereocenters. The number of carbonyl (C=O) groups is 1. The summed E-state index contributed by atoms with van der Waals surface area (Å²) in [5, 5.41) is 7.61. The fourth-order valence-corrected chi connectivity index (χ4v) is 4.24. The number of nitrogens with zero attached hydrogens (tertiary/aromatic N) is 1. The van der Waals surface area contributed by atoms with Gasteiger partial charge in [-0.3, -0.25) is 0 Å². The van der Waals surface area contributed by atoms with Crippen molar-refractivity contribution in [2.24, 2.45) is 0 Å². The zero-order valence-corrected chi connectivity index (χ0v) is 14.6. The lowest BCUT2D eigenvalue weighted by molar-refractivity contribution is -0.139. The summed E-state index contributed by atoms with van der Waals surface area (Å²) < 4.78 is 9.75. The van der Waals surface area contributed by atoms with Crippen LogP contribution in [-0.2, 0) is 16.0 Å². The van der Waals surface area contributed by atoms with Crippen LogP contribution >= 0.6 is 35.1 Å². The normalized spacial score (nSPS) is 14.9. The molecule has 0 radical (unpaired) electrons. The number of fused-ring (bicyclic) bond motifs is 1. The highest BCUT2D eigenvalue weighted by molar-refractivity contribution is 7.80. The molecular formula is C14H15N3O2S3. The Kier molecular flexibility index (Phi) is 4.42. The van der Waals surface area contributed by atoms with Crippen molar-refractivity contribution in [3.05, 3.63) is 27.1 Å². The minimum Gasteiger partial charge on any atom is -0.462 e. The molecule has 1 aliphatic heterocycles. The van der Waals surface area contributed by atoms with Gasteiger partial charge in [0, 0.05) is 27.3 Å². The molecule has 2 aromatic rings. The maximum Gasteiger partial charge on any atom is 0.337 e. The molecule has 0 aliphatic carbocycles. The minimum absolute atomic E-state index is 0.299. The van der Waals surface area contributed by atoms with Crippen molar-refractivity contribution in [3.8, 4) is 0 Å². The average Bonchev–Trinajstić information content (AvgIpc) is 3.01. The molecule has 0 amide bonds. The molecule has 0 bridgehead atoms. The molecule has 0 spiro atoms. The number of thiophene rings is 1. The molecule has 0 aromatic carbocycles. The number of hydrogen-bond donors (Lipinski definition) is 2. The summed E-state index contributed by atoms with van der Waals surface area (Å²) in [5.74, 6) is -0.299. The summed E-state index contributed by atoms with van der Waals surface area (Å²) >= 11 is 8.18. The first-order chi connectivity index (χ1) is 10.5. The number of carbonyl (C=O) groups excluding carboxylic acids is 1. The molecule has 3 rings (SSSR count). The third-order valence-corrected chi connectivity index (χ3v) is 5.63. The number of aryl methyl sites for hydroxylation is 1. The second-order valence-electron chi connectivity index (χ2n) is 4.97. The maximum absolute atomic E-state index is 12.1. The average molecular weight is 353 g/mol. The van der Waals surface area contributed by atoms with Crippen LogP contribution in [0.3, 0.4) is 0 Å². The molecule has 0 saturated heterocycles. The summed E-state index contributed by atoms with van der Waals surface area (Å²) in [4.78, 5) is 15.6. The molecule has 0 saturated carbocycles. The number of hydrogen-bond acceptors (Lipinski definition) is 6. The summed E-state index contributed by atoms with van der Waals surface area (Å²) in [6, 6.07) is 2.14. The Morgan fingerprint density at radius 1 is 1.50 bits per heavy atom. The van der Waals surface area contributed by atoms with Crippen LogP contribution in [0.4, 0.5) is 0 Å². The van der Waals surface area contributed by atoms with Crippen LogP contribution in [0.5, 0.6) is 0 Å². The Hall–Kier alpha value is -1.51. The lowest BCUT2D eigenvalue weighted by Gasteiger charge is -2.20. The van der Waals surface area contributed by atoms with Crippen LogP contribution < -0.4 is 10.6 Å². The zero-order chi connectivity index (χ0) is 15.7. The van der Waals surface area contributed by atoms with Crippen LogP contribution in [0.1, 0.15) is 16.7 Å². The SMILES string of the molecule is CC1=C(C(=O)OCCc2cc3c(C)snc3s2)CNC(=S)N1. The molecule has 1 aliphatic rings. The fourth-order valence-electron chi connectivity index (χ4n) is 2.18. The van der Waals surface area contributed by atoms with Gasteiger partial charge in [0.05, 0.1) is 18.7 Å². The number of nitrogens with one attached hydrogen (secondary N) is 2. The smallest absolute Gasteiger partial charge is 0.337 e. The first kappa shape index (κ1) is 15.4. The van der Waals surface area contributed by atoms with E-state index in [9.17, 15) is 4.79 Å². The predicted octanol–water partition coefficient (Wildman–Crippen LogP) is 2.50. The predicted molar refractivity (Wildman–Crippen MR) is 93.3 cm³/mol. The third kappa shape index (κ3) is 3.13. The molecule has 22 heavy (non-hydrogen) atoms. The summed E-state index contributed by atoms with van der Waals surface area (Å²) in [6.45, 7) is 4.67. The standard InChI is InChI=1S/C14H15N3O2S3/c1-7-11(6-15-14(20)16-7)13(18)19-4-3-9-5-10-8(2)22-17-12(10)21-9/h5H,3-4,6H2,1-2H3,(H2,15,16,20). The largest absolute Gasteiger partial charge is 0.462 e. The number of ether oxygens (including phenoxy) is 1. The van der Waals surface area contributed by atoms with E-state index in [-0.39, 0.29) is 5.97 Å². The summed E-state index contributed by atoms with van der Waals surface area (Å²) in [7, 11) is 0. The van der Waals surface area contributed by atoms with E-state index in [1.165, 1.54) is 26.7 Å². The molecule has 8 heteroatoms. The second kappa shape index (κ2) is 6.31. The molecule has 2 aromatic heterocycles. The van der Waals surface area contributed by atoms with E-state index in [1.807, 2.05) is 6.92 Å². The Morgan fingerprint density at radius 3 is 3.05 bits per heavy atom. The quantitative estimate of drug-likeness (QED) is 0.650. The Bertz CT molecular complexity index is 775. The van der Waals surface area contributed by atoms with E-state index in [0.717, 1.165) is 10.5 Å². The van der Waals surface area contributed by atoms with Crippen LogP contribution in [0, 0.1) is 6.92 Å². The lowest BCUT2D eigenvalue weighted by Crippen LogP contribution is -2.43. The van der Waals surface area contributed by atoms with Gasteiger partial charge >= 0.3 is 5.97 Å². The fraction of sp³-hybridized carbons (Fsp3) is 0.357. The number of aromatic nitrogens is 1. The van der Waals surface area contributed by atoms with Crippen molar-refractivity contribution in [2.45, 2.75) is 20.3 Å². The van der Waals surface area contributed by atoms with Crippen molar-refractivity contribution in [3.63, 3.8) is 0 Å². The van der Waals surface area contributed by atoms with Gasteiger partial charge in [-0.15, -0.1) is 11.3 Å². The third-order valence-electron chi connectivity index (χ3n) is 3.42. The van der Waals surface area contributed by atoms with E-state index in [4.69, 9.17) is 17.0 Å². The highest BCUT2D eigenvalue weighted by Gasteiger charge is 2.19. The van der Waals surface area contributed by atoms with Crippen LogP contribution in [-0.4, -0.2) is 28.6 Å². The molecule has 0 fully saturated rings. The van der Waals surface area contributed by atoms with E-state index < -0.39 is 0 Å². The van der Waals surface area contributed by atoms with Crippen LogP contribution in [0.2, 0.25) is 0 Å². The van der Waals surface area contributed by atoms with Crippen LogP contribution in [0.15, 0.2) is 17.3 Å². The number of esters is 1. The van der Waals surface area contributed by atoms with E-state index in [1.54, 1.807) is 11.3 Å². The van der Waals surface area contributed by atoms with Crippen LogP contribution in [0.25, 0.3) is 10.2 Å². The Balaban J connectivity index is 1.57. The highest BCUT2D eigenvalue weighted by Crippen LogP contribution is 2.30. The van der Waals surface area contributed by atoms with E-state index in [0.29, 0.717) is 30.3 Å². The molecule has 5 nitrogen and oxygen atoms in total. The zero-order valence-electron chi connectivity index (χ0n) is 12.2. The van der Waals surface area contributed by atoms with Crippen molar-refractivity contribution in [1.82, 2.24) is 15.0 Å². The number of allylic oxidation sites excluding steroid dienone is 1. The second-order valence-corrected chi connectivity index (χ2v) is 7.47. The topological polar surface area (TPSA) is 63.2 Å². The van der Waals surface area contributed by atoms with Gasteiger partial charge in [-0.2, -0.15) is 4.37 Å². The van der Waals surface area contributed by atoms with Gasteiger partial charge in [0.25, 0.3) is 0 Å². The monoisotopic (exact) mass is 353 g/mol. The van der Waals surface area contributed by atoms with Gasteiger partial charge in [0.2, 0.25) is 0 Å². The van der Waals surface area contributed by atoms with E-state index in [2.05, 4.69) is 28.0 Å². The van der Waals surface area contributed by atoms with Crippen molar-refractivity contribution in [2.75, 3.05) is 13.2 Å². The van der Waals surface area contributed by atoms with Gasteiger partial charge in [-0.1, -0.05) is 0 Å². The molecule has 3 heterocycles. The molecule has 2 N–H and O–H groups in total. The van der Waals surface area contributed by atoms with Gasteiger partial charge in [-0.05, 0) is 43.7 Å². The van der Waals surface area contributed by atoms with Crippen molar-refractivity contribution in [1.29, 1.82) is 0 Å². The molecule has 0 unspecified atom stereocenters. The Labute approximate surface area is 141 Å². The molecule has 116 valence electrons.